The molecule has 1 atom stereocenters. The molecular formula is C14H18N2O3S. The van der Waals surface area contributed by atoms with Gasteiger partial charge >= 0.3 is 0 Å². The number of rotatable bonds is 6. The molecule has 0 aliphatic carbocycles. The fraction of sp³-hybridized carbons (Fsp3) is 0.429. The van der Waals surface area contributed by atoms with Crippen LogP contribution in [0.15, 0.2) is 24.3 Å². The molecule has 0 bridgehead atoms. The molecule has 0 spiro atoms. The van der Waals surface area contributed by atoms with E-state index >= 15 is 0 Å². The number of carbonyl (C=O) groups excluding carboxylic acids is 1. The largest absolute Gasteiger partial charge is 0.484 e. The first-order valence-electron chi connectivity index (χ1n) is 6.56. The Morgan fingerprint density at radius 1 is 1.45 bits per heavy atom. The number of amides is 1. The van der Waals surface area contributed by atoms with Crippen molar-refractivity contribution in [2.75, 3.05) is 19.8 Å². The van der Waals surface area contributed by atoms with Crippen LogP contribution >= 0.6 is 12.2 Å². The van der Waals surface area contributed by atoms with E-state index in [0.29, 0.717) is 17.3 Å². The van der Waals surface area contributed by atoms with Crippen LogP contribution in [0.25, 0.3) is 0 Å². The molecular weight excluding hydrogens is 276 g/mol. The molecule has 0 radical (unpaired) electrons. The minimum atomic E-state index is -0.154. The summed E-state index contributed by atoms with van der Waals surface area (Å²) < 4.78 is 10.8. The summed E-state index contributed by atoms with van der Waals surface area (Å²) >= 11 is 4.86. The molecule has 1 saturated heterocycles. The standard InChI is InChI=1S/C14H18N2O3S/c15-14(20)10-3-5-11(6-4-10)19-9-13(17)16-8-12-2-1-7-18-12/h3-6,12H,1-2,7-9H2,(H2,15,20)(H,16,17). The lowest BCUT2D eigenvalue weighted by molar-refractivity contribution is -0.123. The van der Waals surface area contributed by atoms with Gasteiger partial charge in [0.05, 0.1) is 6.10 Å². The van der Waals surface area contributed by atoms with Crippen LogP contribution in [0.3, 0.4) is 0 Å². The third-order valence-corrected chi connectivity index (χ3v) is 3.30. The van der Waals surface area contributed by atoms with Gasteiger partial charge in [0.2, 0.25) is 0 Å². The minimum absolute atomic E-state index is 0.0147. The van der Waals surface area contributed by atoms with Crippen LogP contribution in [-0.4, -0.2) is 36.8 Å². The van der Waals surface area contributed by atoms with Gasteiger partial charge in [-0.1, -0.05) is 12.2 Å². The summed E-state index contributed by atoms with van der Waals surface area (Å²) in [6.07, 6.45) is 2.21. The zero-order chi connectivity index (χ0) is 14.4. The van der Waals surface area contributed by atoms with Crippen LogP contribution in [0.1, 0.15) is 18.4 Å². The predicted molar refractivity (Wildman–Crippen MR) is 79.8 cm³/mol. The first kappa shape index (κ1) is 14.7. The molecule has 1 aromatic carbocycles. The average molecular weight is 294 g/mol. The molecule has 20 heavy (non-hydrogen) atoms. The van der Waals surface area contributed by atoms with Gasteiger partial charge in [-0.05, 0) is 37.1 Å². The Balaban J connectivity index is 1.70. The lowest BCUT2D eigenvalue weighted by atomic mass is 10.2. The number of nitrogens with two attached hydrogens (primary N) is 1. The maximum atomic E-state index is 11.6. The fourth-order valence-corrected chi connectivity index (χ4v) is 2.08. The van der Waals surface area contributed by atoms with Gasteiger partial charge in [-0.3, -0.25) is 4.79 Å². The van der Waals surface area contributed by atoms with Crippen LogP contribution in [0.2, 0.25) is 0 Å². The maximum Gasteiger partial charge on any atom is 0.258 e. The van der Waals surface area contributed by atoms with Crippen LogP contribution in [0, 0.1) is 0 Å². The summed E-state index contributed by atoms with van der Waals surface area (Å²) in [6, 6.07) is 7.01. The van der Waals surface area contributed by atoms with Crippen molar-refractivity contribution >= 4 is 23.1 Å². The van der Waals surface area contributed by atoms with E-state index in [4.69, 9.17) is 27.4 Å². The zero-order valence-corrected chi connectivity index (χ0v) is 11.9. The molecule has 0 aromatic heterocycles. The second kappa shape index (κ2) is 7.21. The van der Waals surface area contributed by atoms with Gasteiger partial charge in [0.25, 0.3) is 5.91 Å². The Morgan fingerprint density at radius 2 is 2.20 bits per heavy atom. The molecule has 1 heterocycles. The summed E-state index contributed by atoms with van der Waals surface area (Å²) in [5.74, 6) is 0.455. The maximum absolute atomic E-state index is 11.6. The topological polar surface area (TPSA) is 73.6 Å². The number of hydrogen-bond acceptors (Lipinski definition) is 4. The van der Waals surface area contributed by atoms with Crippen molar-refractivity contribution in [1.29, 1.82) is 0 Å². The second-order valence-electron chi connectivity index (χ2n) is 4.62. The Kier molecular flexibility index (Phi) is 5.31. The van der Waals surface area contributed by atoms with Gasteiger partial charge in [0.15, 0.2) is 6.61 Å². The van der Waals surface area contributed by atoms with E-state index in [1.807, 2.05) is 0 Å². The smallest absolute Gasteiger partial charge is 0.258 e. The molecule has 0 saturated carbocycles. The predicted octanol–water partition coefficient (Wildman–Crippen LogP) is 0.995. The van der Waals surface area contributed by atoms with Crippen LogP contribution in [0.5, 0.6) is 5.75 Å². The number of nitrogens with one attached hydrogen (secondary N) is 1. The minimum Gasteiger partial charge on any atom is -0.484 e. The summed E-state index contributed by atoms with van der Waals surface area (Å²) in [7, 11) is 0. The lowest BCUT2D eigenvalue weighted by Crippen LogP contribution is -2.35. The molecule has 6 heteroatoms. The molecule has 1 amide bonds. The van der Waals surface area contributed by atoms with E-state index in [9.17, 15) is 4.79 Å². The highest BCUT2D eigenvalue weighted by molar-refractivity contribution is 7.80. The van der Waals surface area contributed by atoms with E-state index in [1.165, 1.54) is 0 Å². The zero-order valence-electron chi connectivity index (χ0n) is 11.1. The Hall–Kier alpha value is -1.66. The van der Waals surface area contributed by atoms with Crippen LogP contribution < -0.4 is 15.8 Å². The Morgan fingerprint density at radius 3 is 2.80 bits per heavy atom. The summed E-state index contributed by atoms with van der Waals surface area (Å²) in [5.41, 5.74) is 6.27. The summed E-state index contributed by atoms with van der Waals surface area (Å²) in [6.45, 7) is 1.31. The molecule has 1 fully saturated rings. The first-order valence-corrected chi connectivity index (χ1v) is 6.97. The van der Waals surface area contributed by atoms with Crippen molar-refractivity contribution in [2.24, 2.45) is 5.73 Å². The summed E-state index contributed by atoms with van der Waals surface area (Å²) in [4.78, 5) is 12.0. The Labute approximate surface area is 123 Å². The molecule has 108 valence electrons. The van der Waals surface area contributed by atoms with Crippen LogP contribution in [-0.2, 0) is 9.53 Å². The SMILES string of the molecule is NC(=S)c1ccc(OCC(=O)NCC2CCCO2)cc1. The van der Waals surface area contributed by atoms with Gasteiger partial charge in [0.1, 0.15) is 10.7 Å². The third kappa shape index (κ3) is 4.47. The van der Waals surface area contributed by atoms with Crippen LogP contribution in [0.4, 0.5) is 0 Å². The molecule has 1 unspecified atom stereocenters. The normalized spacial score (nSPS) is 17.7. The van der Waals surface area contributed by atoms with Gasteiger partial charge in [-0.2, -0.15) is 0 Å². The van der Waals surface area contributed by atoms with E-state index < -0.39 is 0 Å². The molecule has 5 nitrogen and oxygen atoms in total. The molecule has 1 aromatic rings. The van der Waals surface area contributed by atoms with Crippen molar-refractivity contribution in [1.82, 2.24) is 5.32 Å². The van der Waals surface area contributed by atoms with Crippen molar-refractivity contribution in [3.05, 3.63) is 29.8 Å². The van der Waals surface area contributed by atoms with Gasteiger partial charge in [0, 0.05) is 18.7 Å². The number of benzene rings is 1. The molecule has 3 N–H and O–H groups in total. The molecule has 2 rings (SSSR count). The van der Waals surface area contributed by atoms with E-state index in [-0.39, 0.29) is 18.6 Å². The summed E-state index contributed by atoms with van der Waals surface area (Å²) in [5, 5.41) is 2.79. The highest BCUT2D eigenvalue weighted by Gasteiger charge is 2.16. The Bertz CT molecular complexity index is 470. The van der Waals surface area contributed by atoms with Crippen molar-refractivity contribution in [3.8, 4) is 5.75 Å². The van der Waals surface area contributed by atoms with Crippen molar-refractivity contribution in [2.45, 2.75) is 18.9 Å². The highest BCUT2D eigenvalue weighted by atomic mass is 32.1. The van der Waals surface area contributed by atoms with Gasteiger partial charge in [-0.15, -0.1) is 0 Å². The fourth-order valence-electron chi connectivity index (χ4n) is 1.95. The van der Waals surface area contributed by atoms with Crippen molar-refractivity contribution < 1.29 is 14.3 Å². The quantitative estimate of drug-likeness (QED) is 0.766. The number of thiocarbonyl (C=S) groups is 1. The van der Waals surface area contributed by atoms with Gasteiger partial charge < -0.3 is 20.5 Å². The van der Waals surface area contributed by atoms with E-state index in [0.717, 1.165) is 25.0 Å². The lowest BCUT2D eigenvalue weighted by Gasteiger charge is -2.11. The number of hydrogen-bond donors (Lipinski definition) is 2. The monoisotopic (exact) mass is 294 g/mol. The highest BCUT2D eigenvalue weighted by Crippen LogP contribution is 2.12. The second-order valence-corrected chi connectivity index (χ2v) is 5.06. The van der Waals surface area contributed by atoms with E-state index in [1.54, 1.807) is 24.3 Å². The van der Waals surface area contributed by atoms with Gasteiger partial charge in [-0.25, -0.2) is 0 Å². The third-order valence-electron chi connectivity index (χ3n) is 3.06. The number of ether oxygens (including phenoxy) is 2. The molecule has 1 aliphatic heterocycles. The first-order chi connectivity index (χ1) is 9.65. The molecule has 1 aliphatic rings. The van der Waals surface area contributed by atoms with E-state index in [2.05, 4.69) is 5.32 Å². The number of carbonyl (C=O) groups is 1. The van der Waals surface area contributed by atoms with Crippen molar-refractivity contribution in [3.63, 3.8) is 0 Å². The average Bonchev–Trinajstić information content (AvgIpc) is 2.96.